The van der Waals surface area contributed by atoms with Crippen LogP contribution in [0.1, 0.15) is 35.4 Å². The number of hydrogen-bond donors (Lipinski definition) is 1. The van der Waals surface area contributed by atoms with E-state index in [9.17, 15) is 4.79 Å². The second kappa shape index (κ2) is 5.48. The fourth-order valence-corrected chi connectivity index (χ4v) is 2.44. The van der Waals surface area contributed by atoms with Crippen molar-refractivity contribution in [1.82, 2.24) is 25.2 Å². The highest BCUT2D eigenvalue weighted by Crippen LogP contribution is 2.16. The lowest BCUT2D eigenvalue weighted by Crippen LogP contribution is -2.45. The number of aryl methyl sites for hydroxylation is 1. The molecule has 1 aliphatic heterocycles. The Morgan fingerprint density at radius 3 is 2.89 bits per heavy atom. The molecule has 18 heavy (non-hydrogen) atoms. The van der Waals surface area contributed by atoms with Gasteiger partial charge in [-0.15, -0.1) is 0 Å². The van der Waals surface area contributed by atoms with E-state index in [1.54, 1.807) is 11.8 Å². The largest absolute Gasteiger partial charge is 0.339 e. The van der Waals surface area contributed by atoms with Crippen LogP contribution in [-0.2, 0) is 0 Å². The van der Waals surface area contributed by atoms with Crippen LogP contribution in [0.2, 0.25) is 0 Å². The second-order valence-corrected chi connectivity index (χ2v) is 5.07. The third-order valence-corrected chi connectivity index (χ3v) is 3.68. The molecule has 2 heterocycles. The van der Waals surface area contributed by atoms with E-state index in [0.717, 1.165) is 19.5 Å². The van der Waals surface area contributed by atoms with Crippen molar-refractivity contribution in [1.29, 1.82) is 0 Å². The van der Waals surface area contributed by atoms with Gasteiger partial charge >= 0.3 is 0 Å². The van der Waals surface area contributed by atoms with Gasteiger partial charge in [-0.25, -0.2) is 0 Å². The first-order valence-corrected chi connectivity index (χ1v) is 6.42. The normalized spacial score (nSPS) is 20.9. The van der Waals surface area contributed by atoms with Crippen LogP contribution in [0.5, 0.6) is 0 Å². The van der Waals surface area contributed by atoms with Crippen LogP contribution in [-0.4, -0.2) is 64.3 Å². The van der Waals surface area contributed by atoms with Gasteiger partial charge in [0, 0.05) is 19.6 Å². The molecule has 1 saturated heterocycles. The van der Waals surface area contributed by atoms with Crippen molar-refractivity contribution >= 4 is 5.91 Å². The van der Waals surface area contributed by atoms with Crippen molar-refractivity contribution in [3.63, 3.8) is 0 Å². The number of amides is 1. The summed E-state index contributed by atoms with van der Waals surface area (Å²) >= 11 is 0. The summed E-state index contributed by atoms with van der Waals surface area (Å²) in [5.74, 6) is -0.0553. The quantitative estimate of drug-likeness (QED) is 0.857. The number of likely N-dealkylation sites (tertiary alicyclic amines) is 1. The molecule has 0 aliphatic carbocycles. The number of H-pyrrole nitrogens is 1. The summed E-state index contributed by atoms with van der Waals surface area (Å²) in [6.07, 6.45) is 3.67. The number of hydrogen-bond acceptors (Lipinski definition) is 4. The molecule has 0 spiro atoms. The molecule has 1 amide bonds. The molecule has 1 aromatic heterocycles. The maximum absolute atomic E-state index is 12.2. The number of aromatic nitrogens is 3. The number of nitrogens with one attached hydrogen (secondary N) is 1. The van der Waals surface area contributed by atoms with E-state index in [2.05, 4.69) is 27.4 Å². The van der Waals surface area contributed by atoms with Crippen LogP contribution in [0, 0.1) is 6.92 Å². The summed E-state index contributed by atoms with van der Waals surface area (Å²) in [4.78, 5) is 16.3. The molecule has 0 bridgehead atoms. The minimum absolute atomic E-state index is 0.0553. The zero-order valence-electron chi connectivity index (χ0n) is 11.3. The number of carbonyl (C=O) groups excluding carboxylic acids is 1. The average Bonchev–Trinajstić information content (AvgIpc) is 2.77. The van der Waals surface area contributed by atoms with Gasteiger partial charge in [-0.2, -0.15) is 15.4 Å². The Hall–Kier alpha value is -1.43. The smallest absolute Gasteiger partial charge is 0.276 e. The van der Waals surface area contributed by atoms with Gasteiger partial charge in [0.15, 0.2) is 5.69 Å². The summed E-state index contributed by atoms with van der Waals surface area (Å²) < 4.78 is 0. The highest BCUT2D eigenvalue weighted by molar-refractivity contribution is 5.92. The molecule has 1 fully saturated rings. The number of carbonyl (C=O) groups is 1. The Kier molecular flexibility index (Phi) is 3.96. The van der Waals surface area contributed by atoms with Gasteiger partial charge < -0.3 is 9.80 Å². The summed E-state index contributed by atoms with van der Waals surface area (Å²) in [5, 5.41) is 10.3. The monoisotopic (exact) mass is 251 g/mol. The molecule has 1 aromatic rings. The molecule has 0 saturated carbocycles. The van der Waals surface area contributed by atoms with Gasteiger partial charge in [0.05, 0.1) is 5.69 Å². The fraction of sp³-hybridized carbons (Fsp3) is 0.750. The lowest BCUT2D eigenvalue weighted by molar-refractivity contribution is 0.0710. The molecule has 0 radical (unpaired) electrons. The lowest BCUT2D eigenvalue weighted by Gasteiger charge is -2.35. The SMILES string of the molecule is Cc1n[nH]nc1C(=O)N(C)C[C@H]1CCCCN1C. The van der Waals surface area contributed by atoms with Gasteiger partial charge in [0.25, 0.3) is 5.91 Å². The zero-order chi connectivity index (χ0) is 13.1. The van der Waals surface area contributed by atoms with Gasteiger partial charge in [0.2, 0.25) is 0 Å². The van der Waals surface area contributed by atoms with Crippen molar-refractivity contribution in [3.8, 4) is 0 Å². The zero-order valence-corrected chi connectivity index (χ0v) is 11.3. The van der Waals surface area contributed by atoms with Crippen LogP contribution < -0.4 is 0 Å². The van der Waals surface area contributed by atoms with E-state index in [0.29, 0.717) is 17.4 Å². The number of likely N-dealkylation sites (N-methyl/N-ethyl adjacent to an activating group) is 2. The van der Waals surface area contributed by atoms with Crippen LogP contribution in [0.15, 0.2) is 0 Å². The molecule has 6 nitrogen and oxygen atoms in total. The molecule has 1 aliphatic rings. The molecule has 100 valence electrons. The third kappa shape index (κ3) is 2.69. The molecular formula is C12H21N5O. The lowest BCUT2D eigenvalue weighted by atomic mass is 10.0. The Morgan fingerprint density at radius 2 is 2.28 bits per heavy atom. The first-order chi connectivity index (χ1) is 8.59. The maximum atomic E-state index is 12.2. The molecule has 0 unspecified atom stereocenters. The van der Waals surface area contributed by atoms with Gasteiger partial charge in [-0.3, -0.25) is 4.79 Å². The summed E-state index contributed by atoms with van der Waals surface area (Å²) in [6, 6.07) is 0.458. The Morgan fingerprint density at radius 1 is 1.50 bits per heavy atom. The molecule has 0 aromatic carbocycles. The minimum atomic E-state index is -0.0553. The van der Waals surface area contributed by atoms with E-state index in [-0.39, 0.29) is 5.91 Å². The number of piperidine rings is 1. The number of aromatic amines is 1. The van der Waals surface area contributed by atoms with Crippen LogP contribution >= 0.6 is 0 Å². The highest BCUT2D eigenvalue weighted by atomic mass is 16.2. The van der Waals surface area contributed by atoms with Gasteiger partial charge in [-0.1, -0.05) is 6.42 Å². The van der Waals surface area contributed by atoms with Crippen molar-refractivity contribution < 1.29 is 4.79 Å². The number of rotatable bonds is 3. The first-order valence-electron chi connectivity index (χ1n) is 6.42. The molecule has 6 heteroatoms. The maximum Gasteiger partial charge on any atom is 0.276 e. The van der Waals surface area contributed by atoms with E-state index >= 15 is 0 Å². The predicted octanol–water partition coefficient (Wildman–Crippen LogP) is 0.669. The number of nitrogens with zero attached hydrogens (tertiary/aromatic N) is 4. The Bertz CT molecular complexity index is 416. The fourth-order valence-electron chi connectivity index (χ4n) is 2.44. The Labute approximate surface area is 107 Å². The molecule has 1 atom stereocenters. The standard InChI is InChI=1S/C12H21N5O/c1-9-11(14-15-13-9)12(18)17(3)8-10-6-4-5-7-16(10)2/h10H,4-8H2,1-3H3,(H,13,14,15)/t10-/m1/s1. The Balaban J connectivity index is 1.97. The van der Waals surface area contributed by atoms with Crippen molar-refractivity contribution in [3.05, 3.63) is 11.4 Å². The average molecular weight is 251 g/mol. The topological polar surface area (TPSA) is 65.1 Å². The van der Waals surface area contributed by atoms with Gasteiger partial charge in [-0.05, 0) is 33.4 Å². The highest BCUT2D eigenvalue weighted by Gasteiger charge is 2.24. The summed E-state index contributed by atoms with van der Waals surface area (Å²) in [5.41, 5.74) is 1.08. The van der Waals surface area contributed by atoms with Crippen molar-refractivity contribution in [2.45, 2.75) is 32.2 Å². The van der Waals surface area contributed by atoms with E-state index < -0.39 is 0 Å². The van der Waals surface area contributed by atoms with Crippen LogP contribution in [0.3, 0.4) is 0 Å². The first kappa shape index (κ1) is 13.0. The second-order valence-electron chi connectivity index (χ2n) is 5.07. The molecule has 2 rings (SSSR count). The molecule has 1 N–H and O–H groups in total. The van der Waals surface area contributed by atoms with Crippen LogP contribution in [0.25, 0.3) is 0 Å². The third-order valence-electron chi connectivity index (χ3n) is 3.68. The van der Waals surface area contributed by atoms with Crippen molar-refractivity contribution in [2.24, 2.45) is 0 Å². The summed E-state index contributed by atoms with van der Waals surface area (Å²) in [7, 11) is 3.96. The van der Waals surface area contributed by atoms with Crippen LogP contribution in [0.4, 0.5) is 0 Å². The summed E-state index contributed by atoms with van der Waals surface area (Å²) in [6.45, 7) is 3.66. The van der Waals surface area contributed by atoms with Gasteiger partial charge in [0.1, 0.15) is 0 Å². The van der Waals surface area contributed by atoms with E-state index in [1.165, 1.54) is 12.8 Å². The van der Waals surface area contributed by atoms with E-state index in [4.69, 9.17) is 0 Å². The minimum Gasteiger partial charge on any atom is -0.339 e. The molecular weight excluding hydrogens is 230 g/mol. The van der Waals surface area contributed by atoms with Crippen molar-refractivity contribution in [2.75, 3.05) is 27.2 Å². The predicted molar refractivity (Wildman–Crippen MR) is 68.3 cm³/mol. The van der Waals surface area contributed by atoms with E-state index in [1.807, 2.05) is 7.05 Å².